The number of fused-ring (bicyclic) bond motifs is 2. The number of benzene rings is 1. The van der Waals surface area contributed by atoms with Crippen LogP contribution in [0, 0.1) is 11.8 Å². The number of rotatable bonds is 9. The number of Topliss-reactive ketones (excluding diaryl/α,β-unsaturated/α-hetero) is 1. The molecule has 2 aliphatic rings. The Kier molecular flexibility index (Phi) is 7.91. The molecule has 0 unspecified atom stereocenters. The maximum atomic E-state index is 13.1. The van der Waals surface area contributed by atoms with E-state index in [4.69, 9.17) is 4.74 Å². The fourth-order valence-electron chi connectivity index (χ4n) is 5.64. The minimum atomic E-state index is -2.84. The monoisotopic (exact) mass is 530 g/mol. The Hall–Kier alpha value is -2.39. The van der Waals surface area contributed by atoms with Gasteiger partial charge in [-0.25, -0.2) is 13.8 Å². The highest BCUT2D eigenvalue weighted by atomic mass is 32.1. The summed E-state index contributed by atoms with van der Waals surface area (Å²) in [7, 11) is 1.90. The average Bonchev–Trinajstić information content (AvgIpc) is 3.38. The summed E-state index contributed by atoms with van der Waals surface area (Å²) in [5, 5.41) is 5.86. The second-order valence-corrected chi connectivity index (χ2v) is 12.0. The smallest absolute Gasteiger partial charge is 0.278 e. The van der Waals surface area contributed by atoms with E-state index in [1.807, 2.05) is 31.4 Å². The van der Waals surface area contributed by atoms with Gasteiger partial charge in [-0.1, -0.05) is 36.3 Å². The highest BCUT2D eigenvalue weighted by Crippen LogP contribution is 2.34. The van der Waals surface area contributed by atoms with Gasteiger partial charge in [0.1, 0.15) is 0 Å². The number of alkyl halides is 2. The van der Waals surface area contributed by atoms with Crippen molar-refractivity contribution < 1.29 is 18.3 Å². The van der Waals surface area contributed by atoms with Crippen molar-refractivity contribution >= 4 is 28.0 Å². The third-order valence-electron chi connectivity index (χ3n) is 7.77. The lowest BCUT2D eigenvalue weighted by molar-refractivity contribution is -0.0230. The van der Waals surface area contributed by atoms with Gasteiger partial charge in [-0.15, -0.1) is 0 Å². The molecule has 3 aromatic rings. The summed E-state index contributed by atoms with van der Waals surface area (Å²) >= 11 is 1.42. The van der Waals surface area contributed by atoms with Crippen molar-refractivity contribution in [3.05, 3.63) is 40.5 Å². The molecule has 0 radical (unpaired) electrons. The third kappa shape index (κ3) is 6.93. The third-order valence-corrected chi connectivity index (χ3v) is 8.84. The van der Waals surface area contributed by atoms with Crippen molar-refractivity contribution in [2.75, 3.05) is 26.2 Å². The fourth-order valence-corrected chi connectivity index (χ4v) is 6.59. The zero-order chi connectivity index (χ0) is 26.0. The van der Waals surface area contributed by atoms with Crippen LogP contribution in [0.2, 0.25) is 0 Å². The number of aromatic nitrogens is 3. The molecule has 9 heteroatoms. The molecule has 5 rings (SSSR count). The van der Waals surface area contributed by atoms with Gasteiger partial charge in [-0.05, 0) is 50.1 Å². The van der Waals surface area contributed by atoms with E-state index in [9.17, 15) is 13.6 Å². The van der Waals surface area contributed by atoms with Crippen molar-refractivity contribution in [1.29, 1.82) is 0 Å². The predicted molar refractivity (Wildman–Crippen MR) is 142 cm³/mol. The summed E-state index contributed by atoms with van der Waals surface area (Å²) in [6.45, 7) is 3.24. The van der Waals surface area contributed by atoms with E-state index in [0.29, 0.717) is 17.5 Å². The zero-order valence-corrected chi connectivity index (χ0v) is 22.5. The maximum absolute atomic E-state index is 13.1. The Labute approximate surface area is 221 Å². The molecule has 2 aromatic heterocycles. The molecule has 0 bridgehead atoms. The van der Waals surface area contributed by atoms with E-state index in [0.717, 1.165) is 80.3 Å². The van der Waals surface area contributed by atoms with E-state index in [1.165, 1.54) is 35.5 Å². The summed E-state index contributed by atoms with van der Waals surface area (Å²) in [6, 6.07) is 5.85. The summed E-state index contributed by atoms with van der Waals surface area (Å²) in [5.74, 6) is -1.41. The molecule has 3 heterocycles. The Morgan fingerprint density at radius 2 is 1.92 bits per heavy atom. The molecular weight excluding hydrogens is 494 g/mol. The van der Waals surface area contributed by atoms with Gasteiger partial charge in [0.25, 0.3) is 11.1 Å². The highest BCUT2D eigenvalue weighted by Gasteiger charge is 2.26. The molecule has 1 aromatic carbocycles. The topological polar surface area (TPSA) is 60.2 Å². The Balaban J connectivity index is 1.03. The van der Waals surface area contributed by atoms with Crippen LogP contribution in [0.25, 0.3) is 10.9 Å². The molecular formula is C28H36F2N4O2S. The van der Waals surface area contributed by atoms with E-state index in [-0.39, 0.29) is 5.78 Å². The highest BCUT2D eigenvalue weighted by molar-refractivity contribution is 7.13. The summed E-state index contributed by atoms with van der Waals surface area (Å²) in [5.41, 5.74) is 2.67. The number of hydrogen-bond acceptors (Lipinski definition) is 6. The number of aryl methyl sites for hydroxylation is 1. The van der Waals surface area contributed by atoms with Crippen molar-refractivity contribution in [2.24, 2.45) is 18.9 Å². The fraction of sp³-hybridized carbons (Fsp3) is 0.607. The number of thiazole rings is 1. The quantitative estimate of drug-likeness (QED) is 0.321. The first-order chi connectivity index (χ1) is 17.7. The SMILES string of the molecule is Cn1cc2ccc(C(=O)CC3CCC(CCN4CCc5nc(OCC(C)(F)F)sc5CC4)CC3)cc2n1. The van der Waals surface area contributed by atoms with Gasteiger partial charge < -0.3 is 9.64 Å². The lowest BCUT2D eigenvalue weighted by Gasteiger charge is -2.30. The van der Waals surface area contributed by atoms with E-state index < -0.39 is 12.5 Å². The molecule has 1 saturated carbocycles. The first-order valence-electron chi connectivity index (χ1n) is 13.4. The number of carbonyl (C=O) groups excluding carboxylic acids is 1. The first-order valence-corrected chi connectivity index (χ1v) is 14.2. The minimum absolute atomic E-state index is 0.235. The number of ketones is 1. The summed E-state index contributed by atoms with van der Waals surface area (Å²) in [6.07, 6.45) is 10.2. The second-order valence-electron chi connectivity index (χ2n) is 10.9. The maximum Gasteiger partial charge on any atom is 0.278 e. The molecule has 200 valence electrons. The van der Waals surface area contributed by atoms with E-state index in [1.54, 1.807) is 4.68 Å². The Morgan fingerprint density at radius 3 is 2.70 bits per heavy atom. The molecule has 37 heavy (non-hydrogen) atoms. The van der Waals surface area contributed by atoms with E-state index >= 15 is 0 Å². The lowest BCUT2D eigenvalue weighted by atomic mass is 9.78. The van der Waals surface area contributed by atoms with Crippen LogP contribution in [-0.2, 0) is 19.9 Å². The number of nitrogens with zero attached hydrogens (tertiary/aromatic N) is 4. The standard InChI is InChI=1S/C28H36F2N4O2S/c1-28(29,30)18-36-27-31-23-10-13-34(14-11-26(23)37-27)12-9-19-3-5-20(6-4-19)15-25(35)21-7-8-22-17-33(2)32-24(22)16-21/h7-8,16-17,19-20H,3-6,9-15,18H2,1-2H3. The molecule has 0 N–H and O–H groups in total. The normalized spacial score (nSPS) is 21.1. The molecule has 1 aliphatic carbocycles. The molecule has 0 saturated heterocycles. The second kappa shape index (κ2) is 11.2. The largest absolute Gasteiger partial charge is 0.464 e. The lowest BCUT2D eigenvalue weighted by Crippen LogP contribution is -2.30. The van der Waals surface area contributed by atoms with Gasteiger partial charge in [0.15, 0.2) is 12.4 Å². The van der Waals surface area contributed by atoms with Gasteiger partial charge in [0.2, 0.25) is 0 Å². The average molecular weight is 531 g/mol. The molecule has 0 spiro atoms. The molecule has 1 aliphatic heterocycles. The van der Waals surface area contributed by atoms with Crippen molar-refractivity contribution in [1.82, 2.24) is 19.7 Å². The van der Waals surface area contributed by atoms with Crippen molar-refractivity contribution in [3.63, 3.8) is 0 Å². The number of carbonyl (C=O) groups is 1. The van der Waals surface area contributed by atoms with Gasteiger partial charge in [0, 0.05) is 61.9 Å². The van der Waals surface area contributed by atoms with Gasteiger partial charge in [-0.3, -0.25) is 9.48 Å². The Morgan fingerprint density at radius 1 is 1.16 bits per heavy atom. The zero-order valence-electron chi connectivity index (χ0n) is 21.7. The van der Waals surface area contributed by atoms with Crippen LogP contribution in [0.4, 0.5) is 8.78 Å². The number of hydrogen-bond donors (Lipinski definition) is 0. The van der Waals surface area contributed by atoms with Crippen LogP contribution in [-0.4, -0.2) is 57.6 Å². The predicted octanol–water partition coefficient (Wildman–Crippen LogP) is 5.93. The van der Waals surface area contributed by atoms with Crippen molar-refractivity contribution in [2.45, 2.75) is 64.2 Å². The molecule has 6 nitrogen and oxygen atoms in total. The van der Waals surface area contributed by atoms with Crippen LogP contribution < -0.4 is 4.74 Å². The summed E-state index contributed by atoms with van der Waals surface area (Å²) in [4.78, 5) is 21.1. The molecule has 1 fully saturated rings. The van der Waals surface area contributed by atoms with Crippen LogP contribution in [0.1, 0.15) is 66.4 Å². The first kappa shape index (κ1) is 26.2. The van der Waals surface area contributed by atoms with Crippen LogP contribution in [0.15, 0.2) is 24.4 Å². The van der Waals surface area contributed by atoms with Crippen LogP contribution in [0.3, 0.4) is 0 Å². The number of halogens is 2. The van der Waals surface area contributed by atoms with Crippen LogP contribution in [0.5, 0.6) is 5.19 Å². The van der Waals surface area contributed by atoms with Crippen LogP contribution >= 0.6 is 11.3 Å². The minimum Gasteiger partial charge on any atom is -0.464 e. The van der Waals surface area contributed by atoms with Crippen molar-refractivity contribution in [3.8, 4) is 5.19 Å². The molecule has 0 amide bonds. The summed E-state index contributed by atoms with van der Waals surface area (Å²) < 4.78 is 33.1. The molecule has 0 atom stereocenters. The number of ether oxygens (including phenoxy) is 1. The van der Waals surface area contributed by atoms with Gasteiger partial charge in [-0.2, -0.15) is 5.10 Å². The van der Waals surface area contributed by atoms with Gasteiger partial charge >= 0.3 is 0 Å². The van der Waals surface area contributed by atoms with Gasteiger partial charge in [0.05, 0.1) is 11.2 Å². The Bertz CT molecular complexity index is 1200. The van der Waals surface area contributed by atoms with E-state index in [2.05, 4.69) is 15.0 Å².